The molecule has 0 saturated carbocycles. The summed E-state index contributed by atoms with van der Waals surface area (Å²) in [6.07, 6.45) is 0.567. The van der Waals surface area contributed by atoms with Gasteiger partial charge in [0.05, 0.1) is 16.5 Å². The van der Waals surface area contributed by atoms with E-state index in [1.54, 1.807) is 0 Å². The number of nitrogens with one attached hydrogen (secondary N) is 1. The Labute approximate surface area is 200 Å². The van der Waals surface area contributed by atoms with Crippen molar-refractivity contribution in [3.63, 3.8) is 0 Å². The molecule has 6 nitrogen and oxygen atoms in total. The third-order valence-electron chi connectivity index (χ3n) is 4.93. The van der Waals surface area contributed by atoms with Crippen molar-refractivity contribution in [2.24, 2.45) is 0 Å². The highest BCUT2D eigenvalue weighted by Crippen LogP contribution is 2.36. The van der Waals surface area contributed by atoms with Crippen molar-refractivity contribution in [2.45, 2.75) is 30.5 Å². The molecule has 0 aliphatic carbocycles. The van der Waals surface area contributed by atoms with E-state index in [0.29, 0.717) is 22.1 Å². The molecule has 0 radical (unpaired) electrons. The van der Waals surface area contributed by atoms with Crippen molar-refractivity contribution in [2.75, 3.05) is 5.32 Å². The number of benzene rings is 2. The molecular weight excluding hydrogens is 450 g/mol. The molecule has 0 bridgehead atoms. The summed E-state index contributed by atoms with van der Waals surface area (Å²) in [6.45, 7) is 3.77. The largest absolute Gasteiger partial charge is 0.300 e. The maximum atomic E-state index is 13.0. The molecule has 164 valence electrons. The Bertz CT molecular complexity index is 1300. The predicted molar refractivity (Wildman–Crippen MR) is 133 cm³/mol. The van der Waals surface area contributed by atoms with Crippen LogP contribution in [0.15, 0.2) is 71.8 Å². The van der Waals surface area contributed by atoms with E-state index in [0.717, 1.165) is 27.4 Å². The number of aryl methyl sites for hydroxylation is 1. The third kappa shape index (κ3) is 5.28. The van der Waals surface area contributed by atoms with Gasteiger partial charge in [0.15, 0.2) is 0 Å². The molecular formula is C25H21N5OS2. The number of amides is 1. The van der Waals surface area contributed by atoms with Gasteiger partial charge in [0, 0.05) is 11.1 Å². The molecule has 33 heavy (non-hydrogen) atoms. The first-order valence-corrected chi connectivity index (χ1v) is 12.1. The number of rotatable bonds is 7. The van der Waals surface area contributed by atoms with E-state index in [1.807, 2.05) is 80.6 Å². The first-order chi connectivity index (χ1) is 16.1. The number of anilines is 1. The van der Waals surface area contributed by atoms with Gasteiger partial charge in [0.1, 0.15) is 16.1 Å². The molecule has 1 N–H and O–H groups in total. The van der Waals surface area contributed by atoms with Gasteiger partial charge in [-0.3, -0.25) is 10.1 Å². The molecule has 1 atom stereocenters. The lowest BCUT2D eigenvalue weighted by Crippen LogP contribution is -2.24. The van der Waals surface area contributed by atoms with Gasteiger partial charge in [0.2, 0.25) is 11.0 Å². The Morgan fingerprint density at radius 1 is 1.09 bits per heavy atom. The molecule has 0 spiro atoms. The van der Waals surface area contributed by atoms with Crippen molar-refractivity contribution in [3.05, 3.63) is 77.3 Å². The first kappa shape index (κ1) is 22.6. The van der Waals surface area contributed by atoms with Crippen molar-refractivity contribution >= 4 is 34.1 Å². The summed E-state index contributed by atoms with van der Waals surface area (Å²) >= 11 is 2.63. The maximum absolute atomic E-state index is 13.0. The van der Waals surface area contributed by atoms with Crippen LogP contribution in [0.2, 0.25) is 0 Å². The average molecular weight is 472 g/mol. The van der Waals surface area contributed by atoms with Gasteiger partial charge in [-0.1, -0.05) is 90.7 Å². The van der Waals surface area contributed by atoms with Crippen LogP contribution in [0, 0.1) is 18.3 Å². The molecule has 0 aliphatic rings. The topological polar surface area (TPSA) is 91.6 Å². The Hall–Kier alpha value is -3.54. The highest BCUT2D eigenvalue weighted by Gasteiger charge is 2.24. The van der Waals surface area contributed by atoms with Crippen LogP contribution in [-0.2, 0) is 4.79 Å². The van der Waals surface area contributed by atoms with Crippen LogP contribution in [0.4, 0.5) is 5.13 Å². The van der Waals surface area contributed by atoms with Crippen LogP contribution in [0.25, 0.3) is 22.4 Å². The number of nitriles is 1. The zero-order chi connectivity index (χ0) is 23.2. The lowest BCUT2D eigenvalue weighted by atomic mass is 9.99. The Kier molecular flexibility index (Phi) is 7.13. The van der Waals surface area contributed by atoms with E-state index in [2.05, 4.69) is 21.6 Å². The maximum Gasteiger partial charge on any atom is 0.239 e. The minimum atomic E-state index is -0.441. The van der Waals surface area contributed by atoms with Crippen LogP contribution in [0.1, 0.15) is 23.9 Å². The van der Waals surface area contributed by atoms with E-state index in [1.165, 1.54) is 23.1 Å². The van der Waals surface area contributed by atoms with Gasteiger partial charge in [-0.2, -0.15) is 5.26 Å². The second-order valence-corrected chi connectivity index (χ2v) is 9.58. The van der Waals surface area contributed by atoms with Gasteiger partial charge in [-0.25, -0.2) is 4.98 Å². The predicted octanol–water partition coefficient (Wildman–Crippen LogP) is 5.96. The monoisotopic (exact) mass is 471 g/mol. The van der Waals surface area contributed by atoms with Crippen LogP contribution in [0.5, 0.6) is 0 Å². The van der Waals surface area contributed by atoms with Crippen LogP contribution >= 0.6 is 23.1 Å². The molecule has 2 aromatic carbocycles. The molecule has 1 amide bonds. The molecule has 4 rings (SSSR count). The van der Waals surface area contributed by atoms with Crippen LogP contribution in [0.3, 0.4) is 0 Å². The van der Waals surface area contributed by atoms with E-state index >= 15 is 0 Å². The number of thioether (sulfide) groups is 1. The number of hydrogen-bond donors (Lipinski definition) is 1. The van der Waals surface area contributed by atoms with Gasteiger partial charge < -0.3 is 0 Å². The second kappa shape index (κ2) is 10.4. The van der Waals surface area contributed by atoms with Crippen LogP contribution in [-0.4, -0.2) is 26.3 Å². The van der Waals surface area contributed by atoms with Gasteiger partial charge >= 0.3 is 0 Å². The highest BCUT2D eigenvalue weighted by atomic mass is 32.2. The molecule has 4 aromatic rings. The fourth-order valence-corrected chi connectivity index (χ4v) is 4.93. The number of aromatic nitrogens is 3. The minimum Gasteiger partial charge on any atom is -0.300 e. The normalized spacial score (nSPS) is 11.5. The number of nitrogens with zero attached hydrogens (tertiary/aromatic N) is 4. The van der Waals surface area contributed by atoms with Gasteiger partial charge in [-0.15, -0.1) is 10.2 Å². The zero-order valence-electron chi connectivity index (χ0n) is 18.1. The number of carbonyl (C=O) groups excluding carboxylic acids is 1. The minimum absolute atomic E-state index is 0.185. The molecule has 0 aliphatic heterocycles. The molecule has 0 fully saturated rings. The summed E-state index contributed by atoms with van der Waals surface area (Å²) in [5.41, 5.74) is 3.89. The Morgan fingerprint density at radius 3 is 2.33 bits per heavy atom. The fraction of sp³-hybridized carbons (Fsp3) is 0.160. The molecule has 2 heterocycles. The summed E-state index contributed by atoms with van der Waals surface area (Å²) in [5.74, 6) is -0.185. The SMILES string of the molecule is CC[C@@H](Sc1nc(-c2ccccc2)cc(-c2ccccc2)c1C#N)C(=O)Nc1nnc(C)s1. The second-order valence-electron chi connectivity index (χ2n) is 7.21. The molecule has 0 saturated heterocycles. The molecule has 0 unspecified atom stereocenters. The summed E-state index contributed by atoms with van der Waals surface area (Å²) in [5, 5.41) is 22.2. The Morgan fingerprint density at radius 2 is 1.76 bits per heavy atom. The lowest BCUT2D eigenvalue weighted by molar-refractivity contribution is -0.115. The highest BCUT2D eigenvalue weighted by molar-refractivity contribution is 8.00. The zero-order valence-corrected chi connectivity index (χ0v) is 19.8. The smallest absolute Gasteiger partial charge is 0.239 e. The number of hydrogen-bond acceptors (Lipinski definition) is 7. The summed E-state index contributed by atoms with van der Waals surface area (Å²) in [7, 11) is 0. The van der Waals surface area contributed by atoms with E-state index in [4.69, 9.17) is 4.98 Å². The van der Waals surface area contributed by atoms with Crippen LogP contribution < -0.4 is 5.32 Å². The molecule has 2 aromatic heterocycles. The quantitative estimate of drug-likeness (QED) is 0.335. The Balaban J connectivity index is 1.75. The first-order valence-electron chi connectivity index (χ1n) is 10.4. The lowest BCUT2D eigenvalue weighted by Gasteiger charge is -2.17. The van der Waals surface area contributed by atoms with Crippen molar-refractivity contribution < 1.29 is 4.79 Å². The summed E-state index contributed by atoms with van der Waals surface area (Å²) in [6, 6.07) is 23.9. The van der Waals surface area contributed by atoms with E-state index in [9.17, 15) is 10.1 Å². The van der Waals surface area contributed by atoms with E-state index < -0.39 is 5.25 Å². The number of pyridine rings is 1. The summed E-state index contributed by atoms with van der Waals surface area (Å²) in [4.78, 5) is 17.8. The van der Waals surface area contributed by atoms with E-state index in [-0.39, 0.29) is 5.91 Å². The third-order valence-corrected chi connectivity index (χ3v) is 7.03. The standard InChI is InChI=1S/C25H21N5OS2/c1-3-22(23(31)28-25-30-29-16(2)32-25)33-24-20(15-26)19(17-10-6-4-7-11-17)14-21(27-24)18-12-8-5-9-13-18/h4-14,22H,3H2,1-2H3,(H,28,30,31)/t22-/m1/s1. The van der Waals surface area contributed by atoms with Gasteiger partial charge in [-0.05, 0) is 25.0 Å². The van der Waals surface area contributed by atoms with Crippen molar-refractivity contribution in [1.29, 1.82) is 5.26 Å². The van der Waals surface area contributed by atoms with Crippen molar-refractivity contribution in [3.8, 4) is 28.5 Å². The van der Waals surface area contributed by atoms with Crippen molar-refractivity contribution in [1.82, 2.24) is 15.2 Å². The summed E-state index contributed by atoms with van der Waals surface area (Å²) < 4.78 is 0. The van der Waals surface area contributed by atoms with Gasteiger partial charge in [0.25, 0.3) is 0 Å². The molecule has 8 heteroatoms. The fourth-order valence-electron chi connectivity index (χ4n) is 3.31. The average Bonchev–Trinajstić information content (AvgIpc) is 3.27. The number of carbonyl (C=O) groups is 1.